The average Bonchev–Trinajstić information content (AvgIpc) is 3.31. The van der Waals surface area contributed by atoms with Crippen LogP contribution in [-0.4, -0.2) is 7.05 Å². The summed E-state index contributed by atoms with van der Waals surface area (Å²) in [5.41, 5.74) is 13.5. The predicted molar refractivity (Wildman–Crippen MR) is 247 cm³/mol. The number of hydrogen-bond acceptors (Lipinski definition) is 2. The molecule has 2 nitrogen and oxygen atoms in total. The minimum atomic E-state index is 0.373. The van der Waals surface area contributed by atoms with Crippen molar-refractivity contribution in [1.82, 2.24) is 0 Å². The van der Waals surface area contributed by atoms with E-state index in [1.165, 1.54) is 61.2 Å². The fourth-order valence-corrected chi connectivity index (χ4v) is 8.42. The van der Waals surface area contributed by atoms with Gasteiger partial charge in [-0.1, -0.05) is 188 Å². The molecule has 2 atom stereocenters. The number of fused-ring (bicyclic) bond motifs is 1. The Balaban J connectivity index is 0.982. The molecule has 2 unspecified atom stereocenters. The SMILES string of the molecule is CN(C(=CCc1ccccc1)c1ccc(-c2ccc(N(C3=CCC(C4=CCC(c5ccccc5)C=C4)C=C3)c3cccc4ccccc34)cc2)cc1)c1ccccc1. The Labute approximate surface area is 343 Å². The summed E-state index contributed by atoms with van der Waals surface area (Å²) in [6.07, 6.45) is 19.6. The van der Waals surface area contributed by atoms with Gasteiger partial charge in [0.1, 0.15) is 0 Å². The van der Waals surface area contributed by atoms with E-state index >= 15 is 0 Å². The van der Waals surface area contributed by atoms with Gasteiger partial charge in [-0.3, -0.25) is 0 Å². The van der Waals surface area contributed by atoms with Gasteiger partial charge in [0.05, 0.1) is 5.69 Å². The van der Waals surface area contributed by atoms with Gasteiger partial charge in [0.15, 0.2) is 0 Å². The monoisotopic (exact) mass is 748 g/mol. The summed E-state index contributed by atoms with van der Waals surface area (Å²) in [7, 11) is 2.16. The second kappa shape index (κ2) is 17.1. The highest BCUT2D eigenvalue weighted by atomic mass is 15.1. The molecule has 0 aliphatic heterocycles. The number of para-hydroxylation sites is 1. The van der Waals surface area contributed by atoms with Crippen LogP contribution in [0.5, 0.6) is 0 Å². The van der Waals surface area contributed by atoms with Gasteiger partial charge in [-0.05, 0) is 94.4 Å². The summed E-state index contributed by atoms with van der Waals surface area (Å²) in [6, 6.07) is 65.6. The Morgan fingerprint density at radius 2 is 1.17 bits per heavy atom. The smallest absolute Gasteiger partial charge is 0.0539 e. The minimum Gasteiger partial charge on any atom is -0.344 e. The lowest BCUT2D eigenvalue weighted by molar-refractivity contribution is 0.744. The van der Waals surface area contributed by atoms with Crippen molar-refractivity contribution < 1.29 is 0 Å². The first-order valence-electron chi connectivity index (χ1n) is 20.5. The van der Waals surface area contributed by atoms with Crippen molar-refractivity contribution in [2.75, 3.05) is 16.8 Å². The molecule has 2 aliphatic rings. The Hall–Kier alpha value is -6.90. The van der Waals surface area contributed by atoms with Gasteiger partial charge in [-0.15, -0.1) is 0 Å². The Morgan fingerprint density at radius 3 is 1.86 bits per heavy atom. The van der Waals surface area contributed by atoms with Crippen LogP contribution in [0.1, 0.15) is 35.4 Å². The molecule has 2 aliphatic carbocycles. The van der Waals surface area contributed by atoms with Crippen molar-refractivity contribution in [1.29, 1.82) is 0 Å². The summed E-state index contributed by atoms with van der Waals surface area (Å²) >= 11 is 0. The quantitative estimate of drug-likeness (QED) is 0.130. The molecule has 0 aromatic heterocycles. The summed E-state index contributed by atoms with van der Waals surface area (Å²) in [5, 5.41) is 2.48. The van der Waals surface area contributed by atoms with Gasteiger partial charge < -0.3 is 9.80 Å². The molecule has 0 fully saturated rings. The van der Waals surface area contributed by atoms with Crippen LogP contribution in [0.4, 0.5) is 17.1 Å². The maximum Gasteiger partial charge on any atom is 0.0539 e. The zero-order valence-corrected chi connectivity index (χ0v) is 33.0. The molecule has 0 spiro atoms. The van der Waals surface area contributed by atoms with E-state index in [0.717, 1.165) is 30.6 Å². The zero-order valence-electron chi connectivity index (χ0n) is 33.0. The van der Waals surface area contributed by atoms with Gasteiger partial charge in [-0.2, -0.15) is 0 Å². The van der Waals surface area contributed by atoms with Crippen LogP contribution in [0, 0.1) is 5.92 Å². The van der Waals surface area contributed by atoms with Gasteiger partial charge in [0.2, 0.25) is 0 Å². The maximum atomic E-state index is 2.45. The molecule has 2 heteroatoms. The second-order valence-electron chi connectivity index (χ2n) is 15.3. The number of nitrogens with zero attached hydrogens (tertiary/aromatic N) is 2. The first-order valence-corrected chi connectivity index (χ1v) is 20.5. The van der Waals surface area contributed by atoms with Crippen molar-refractivity contribution in [2.45, 2.75) is 25.2 Å². The molecule has 7 aromatic carbocycles. The maximum absolute atomic E-state index is 2.45. The highest BCUT2D eigenvalue weighted by Crippen LogP contribution is 2.40. The zero-order chi connectivity index (χ0) is 39.1. The highest BCUT2D eigenvalue weighted by molar-refractivity contribution is 5.97. The van der Waals surface area contributed by atoms with E-state index < -0.39 is 0 Å². The minimum absolute atomic E-state index is 0.373. The molecular weight excluding hydrogens is 701 g/mol. The van der Waals surface area contributed by atoms with Crippen molar-refractivity contribution in [2.24, 2.45) is 5.92 Å². The molecule has 7 aromatic rings. The summed E-state index contributed by atoms with van der Waals surface area (Å²) in [4.78, 5) is 4.72. The first kappa shape index (κ1) is 36.7. The van der Waals surface area contributed by atoms with E-state index in [1.54, 1.807) is 0 Å². The molecule has 0 radical (unpaired) electrons. The number of hydrogen-bond donors (Lipinski definition) is 0. The lowest BCUT2D eigenvalue weighted by Gasteiger charge is -2.31. The van der Waals surface area contributed by atoms with E-state index in [9.17, 15) is 0 Å². The molecule has 0 saturated carbocycles. The summed E-state index contributed by atoms with van der Waals surface area (Å²) < 4.78 is 0. The number of allylic oxidation sites excluding steroid dienone is 8. The molecule has 9 rings (SSSR count). The first-order chi connectivity index (χ1) is 28.7. The Kier molecular flexibility index (Phi) is 10.8. The molecule has 0 N–H and O–H groups in total. The standard InChI is InChI=1S/C56H48N2/c1-57(51-20-9-4-10-21-51)55(41-24-42-14-5-2-6-15-42)50-31-29-46(30-32-50)48-35-39-53(40-36-48)58(56-23-13-19-49-18-11-12-22-54(49)56)52-37-33-47(34-38-52)45-27-25-44(26-28-45)43-16-7-3-8-17-43/h2-23,25,27-33,35-41,44,47H,24,26,34H2,1H3. The van der Waals surface area contributed by atoms with Crippen LogP contribution in [-0.2, 0) is 6.42 Å². The van der Waals surface area contributed by atoms with Gasteiger partial charge >= 0.3 is 0 Å². The van der Waals surface area contributed by atoms with Crippen molar-refractivity contribution >= 4 is 33.5 Å². The molecule has 0 bridgehead atoms. The summed E-state index contributed by atoms with van der Waals surface area (Å²) in [6.45, 7) is 0. The highest BCUT2D eigenvalue weighted by Gasteiger charge is 2.22. The van der Waals surface area contributed by atoms with Crippen LogP contribution in [0.3, 0.4) is 0 Å². The summed E-state index contributed by atoms with van der Waals surface area (Å²) in [5.74, 6) is 0.824. The van der Waals surface area contributed by atoms with Crippen LogP contribution < -0.4 is 9.80 Å². The lowest BCUT2D eigenvalue weighted by atomic mass is 9.83. The van der Waals surface area contributed by atoms with Gasteiger partial charge in [-0.25, -0.2) is 0 Å². The molecule has 0 heterocycles. The van der Waals surface area contributed by atoms with Crippen molar-refractivity contribution in [3.63, 3.8) is 0 Å². The number of benzene rings is 7. The molecule has 0 amide bonds. The fraction of sp³-hybridized carbons (Fsp3) is 0.107. The van der Waals surface area contributed by atoms with Gasteiger partial charge in [0.25, 0.3) is 0 Å². The predicted octanol–water partition coefficient (Wildman–Crippen LogP) is 14.5. The number of anilines is 3. The van der Waals surface area contributed by atoms with E-state index in [1.807, 2.05) is 0 Å². The fourth-order valence-electron chi connectivity index (χ4n) is 8.42. The third-order valence-corrected chi connectivity index (χ3v) is 11.6. The van der Waals surface area contributed by atoms with Crippen LogP contribution in [0.15, 0.2) is 236 Å². The van der Waals surface area contributed by atoms with E-state index in [-0.39, 0.29) is 0 Å². The Morgan fingerprint density at radius 1 is 0.552 bits per heavy atom. The van der Waals surface area contributed by atoms with E-state index in [4.69, 9.17) is 0 Å². The van der Waals surface area contributed by atoms with Crippen molar-refractivity contribution in [3.8, 4) is 11.1 Å². The second-order valence-corrected chi connectivity index (χ2v) is 15.3. The van der Waals surface area contributed by atoms with E-state index in [2.05, 4.69) is 241 Å². The van der Waals surface area contributed by atoms with Crippen LogP contribution in [0.2, 0.25) is 0 Å². The largest absolute Gasteiger partial charge is 0.344 e. The normalized spacial score (nSPS) is 16.5. The van der Waals surface area contributed by atoms with Crippen molar-refractivity contribution in [3.05, 3.63) is 252 Å². The number of rotatable bonds is 11. The topological polar surface area (TPSA) is 6.48 Å². The van der Waals surface area contributed by atoms with Gasteiger partial charge in [0, 0.05) is 47.0 Å². The van der Waals surface area contributed by atoms with Crippen LogP contribution >= 0.6 is 0 Å². The Bertz CT molecular complexity index is 2630. The third kappa shape index (κ3) is 8.01. The lowest BCUT2D eigenvalue weighted by Crippen LogP contribution is -2.18. The van der Waals surface area contributed by atoms with Crippen LogP contribution in [0.25, 0.3) is 27.6 Å². The third-order valence-electron chi connectivity index (χ3n) is 11.6. The molecule has 0 saturated heterocycles. The average molecular weight is 749 g/mol. The molecule has 282 valence electrons. The van der Waals surface area contributed by atoms with E-state index in [0.29, 0.717) is 11.8 Å². The molecular formula is C56H48N2. The molecule has 58 heavy (non-hydrogen) atoms.